The lowest BCUT2D eigenvalue weighted by molar-refractivity contribution is 0.0922. The van der Waals surface area contributed by atoms with Gasteiger partial charge in [-0.25, -0.2) is 4.98 Å². The maximum Gasteiger partial charge on any atom is 0.163 e. The Kier molecular flexibility index (Phi) is 4.89. The number of fused-ring (bicyclic) bond motifs is 2. The number of aliphatic hydroxyl groups excluding tert-OH is 1. The summed E-state index contributed by atoms with van der Waals surface area (Å²) in [4.78, 5) is 4.61. The molecule has 6 heteroatoms. The van der Waals surface area contributed by atoms with Crippen LogP contribution in [0.3, 0.4) is 0 Å². The fourth-order valence-electron chi connectivity index (χ4n) is 3.60. The van der Waals surface area contributed by atoms with Crippen molar-refractivity contribution in [3.63, 3.8) is 0 Å². The number of aliphatic hydroxyl groups is 1. The van der Waals surface area contributed by atoms with E-state index < -0.39 is 6.10 Å². The van der Waals surface area contributed by atoms with Gasteiger partial charge in [-0.1, -0.05) is 12.1 Å². The van der Waals surface area contributed by atoms with Crippen LogP contribution in [0.15, 0.2) is 24.3 Å². The number of rotatable bonds is 5. The molecule has 0 radical (unpaired) electrons. The summed E-state index contributed by atoms with van der Waals surface area (Å²) in [6.07, 6.45) is -0.663. The Morgan fingerprint density at radius 2 is 1.75 bits per heavy atom. The summed E-state index contributed by atoms with van der Waals surface area (Å²) in [6, 6.07) is 7.96. The van der Waals surface area contributed by atoms with Gasteiger partial charge in [0.25, 0.3) is 0 Å². The highest BCUT2D eigenvalue weighted by Crippen LogP contribution is 2.35. The van der Waals surface area contributed by atoms with Gasteiger partial charge < -0.3 is 23.9 Å². The lowest BCUT2D eigenvalue weighted by Gasteiger charge is -2.19. The lowest BCUT2D eigenvalue weighted by atomic mass is 10.1. The molecule has 3 aromatic rings. The van der Waals surface area contributed by atoms with Crippen LogP contribution in [-0.2, 0) is 6.54 Å². The molecule has 0 saturated carbocycles. The van der Waals surface area contributed by atoms with Crippen molar-refractivity contribution in [3.8, 4) is 17.2 Å². The maximum atomic E-state index is 10.6. The van der Waals surface area contributed by atoms with Gasteiger partial charge in [0.15, 0.2) is 11.5 Å². The maximum absolute atomic E-state index is 10.6. The molecule has 1 N–H and O–H groups in total. The average Bonchev–Trinajstić information content (AvgIpc) is 2.97. The smallest absolute Gasteiger partial charge is 0.163 e. The molecule has 28 heavy (non-hydrogen) atoms. The van der Waals surface area contributed by atoms with Crippen LogP contribution in [0.1, 0.15) is 22.5 Å². The fourth-order valence-corrected chi connectivity index (χ4v) is 3.60. The van der Waals surface area contributed by atoms with E-state index in [9.17, 15) is 5.11 Å². The Bertz CT molecular complexity index is 1030. The zero-order valence-corrected chi connectivity index (χ0v) is 16.8. The van der Waals surface area contributed by atoms with Crippen molar-refractivity contribution < 1.29 is 19.3 Å². The number of nitrogens with zero attached hydrogens (tertiary/aromatic N) is 2. The van der Waals surface area contributed by atoms with Gasteiger partial charge in [0.05, 0.1) is 17.6 Å². The van der Waals surface area contributed by atoms with Gasteiger partial charge in [-0.15, -0.1) is 0 Å². The van der Waals surface area contributed by atoms with Crippen LogP contribution < -0.4 is 14.2 Å². The van der Waals surface area contributed by atoms with E-state index in [4.69, 9.17) is 14.2 Å². The van der Waals surface area contributed by atoms with Gasteiger partial charge in [0.2, 0.25) is 0 Å². The zero-order valence-electron chi connectivity index (χ0n) is 16.8. The predicted molar refractivity (Wildman–Crippen MR) is 108 cm³/mol. The number of aromatic nitrogens is 2. The molecule has 0 fully saturated rings. The van der Waals surface area contributed by atoms with Crippen molar-refractivity contribution in [1.29, 1.82) is 0 Å². The van der Waals surface area contributed by atoms with Crippen molar-refractivity contribution >= 4 is 11.0 Å². The fraction of sp³-hybridized carbons (Fsp3) is 0.409. The molecule has 0 aliphatic carbocycles. The normalized spacial score (nSPS) is 14.3. The van der Waals surface area contributed by atoms with E-state index in [-0.39, 0.29) is 6.61 Å². The number of ether oxygens (including phenoxy) is 3. The summed E-state index contributed by atoms with van der Waals surface area (Å²) in [5, 5.41) is 10.6. The molecule has 2 aromatic carbocycles. The van der Waals surface area contributed by atoms with Gasteiger partial charge in [0, 0.05) is 12.1 Å². The first-order valence-corrected chi connectivity index (χ1v) is 9.58. The Morgan fingerprint density at radius 3 is 2.50 bits per heavy atom. The highest BCUT2D eigenvalue weighted by Gasteiger charge is 2.19. The Labute approximate surface area is 164 Å². The summed E-state index contributed by atoms with van der Waals surface area (Å²) >= 11 is 0. The quantitative estimate of drug-likeness (QED) is 0.732. The summed E-state index contributed by atoms with van der Waals surface area (Å²) < 4.78 is 19.3. The predicted octanol–water partition coefficient (Wildman–Crippen LogP) is 3.48. The topological polar surface area (TPSA) is 65.7 Å². The Morgan fingerprint density at radius 1 is 1.07 bits per heavy atom. The van der Waals surface area contributed by atoms with Crippen LogP contribution in [-0.4, -0.2) is 40.6 Å². The van der Waals surface area contributed by atoms with Crippen molar-refractivity contribution in [2.24, 2.45) is 0 Å². The first-order valence-electron chi connectivity index (χ1n) is 9.58. The van der Waals surface area contributed by atoms with Crippen molar-refractivity contribution in [2.45, 2.75) is 40.3 Å². The average molecular weight is 382 g/mol. The number of hydrogen-bond acceptors (Lipinski definition) is 5. The molecule has 148 valence electrons. The Balaban J connectivity index is 1.53. The van der Waals surface area contributed by atoms with E-state index in [0.717, 1.165) is 45.2 Å². The van der Waals surface area contributed by atoms with Crippen LogP contribution in [0.25, 0.3) is 11.0 Å². The molecule has 0 amide bonds. The van der Waals surface area contributed by atoms with Gasteiger partial charge in [-0.3, -0.25) is 0 Å². The van der Waals surface area contributed by atoms with E-state index in [0.29, 0.717) is 19.8 Å². The molecular weight excluding hydrogens is 356 g/mol. The molecule has 0 bridgehead atoms. The lowest BCUT2D eigenvalue weighted by Crippen LogP contribution is -2.24. The van der Waals surface area contributed by atoms with Crippen molar-refractivity contribution in [3.05, 3.63) is 46.8 Å². The summed E-state index contributed by atoms with van der Waals surface area (Å²) in [5.74, 6) is 3.12. The molecule has 2 heterocycles. The molecule has 1 aliphatic rings. The Hall–Kier alpha value is -2.73. The second-order valence-electron chi connectivity index (χ2n) is 7.37. The number of imidazole rings is 1. The zero-order chi connectivity index (χ0) is 19.8. The third-order valence-electron chi connectivity index (χ3n) is 5.29. The molecule has 6 nitrogen and oxygen atoms in total. The summed E-state index contributed by atoms with van der Waals surface area (Å²) in [7, 11) is 0. The van der Waals surface area contributed by atoms with Crippen LogP contribution in [0.4, 0.5) is 0 Å². The highest BCUT2D eigenvalue weighted by molar-refractivity contribution is 5.80. The highest BCUT2D eigenvalue weighted by atomic mass is 16.6. The van der Waals surface area contributed by atoms with Gasteiger partial charge in [-0.05, 0) is 44.4 Å². The second-order valence-corrected chi connectivity index (χ2v) is 7.37. The summed E-state index contributed by atoms with van der Waals surface area (Å²) in [5.41, 5.74) is 5.12. The van der Waals surface area contributed by atoms with Crippen LogP contribution in [0.2, 0.25) is 0 Å². The minimum Gasteiger partial charge on any atom is -0.490 e. The standard InChI is InChI=1S/C22H26N2O4/c1-13-5-6-14(2)22(15(13)3)28-12-17(25)11-24-16(4)23-18-9-20-21(10-19(18)24)27-8-7-26-20/h5-6,9-10,17,25H,7-8,11-12H2,1-4H3/t17-/m0/s1. The van der Waals surface area contributed by atoms with Gasteiger partial charge in [-0.2, -0.15) is 0 Å². The van der Waals surface area contributed by atoms with Crippen molar-refractivity contribution in [1.82, 2.24) is 9.55 Å². The first kappa shape index (κ1) is 18.6. The molecule has 1 atom stereocenters. The molecule has 0 unspecified atom stereocenters. The molecular formula is C22H26N2O4. The van der Waals surface area contributed by atoms with Crippen molar-refractivity contribution in [2.75, 3.05) is 19.8 Å². The largest absolute Gasteiger partial charge is 0.490 e. The number of benzene rings is 2. The third-order valence-corrected chi connectivity index (χ3v) is 5.29. The third kappa shape index (κ3) is 3.40. The van der Waals surface area contributed by atoms with E-state index in [1.54, 1.807) is 0 Å². The van der Waals surface area contributed by atoms with E-state index in [1.807, 2.05) is 43.5 Å². The minimum absolute atomic E-state index is 0.217. The van der Waals surface area contributed by atoms with Crippen LogP contribution >= 0.6 is 0 Å². The SMILES string of the molecule is Cc1ccc(C)c(OC[C@@H](O)Cn2c(C)nc3cc4c(cc32)OCCO4)c1C. The molecule has 1 aromatic heterocycles. The molecule has 1 aliphatic heterocycles. The molecule has 4 rings (SSSR count). The van der Waals surface area contributed by atoms with Gasteiger partial charge in [0.1, 0.15) is 37.5 Å². The van der Waals surface area contributed by atoms with Crippen LogP contribution in [0.5, 0.6) is 17.2 Å². The number of hydrogen-bond donors (Lipinski definition) is 1. The molecule has 0 spiro atoms. The van der Waals surface area contributed by atoms with E-state index in [2.05, 4.69) is 18.0 Å². The second kappa shape index (κ2) is 7.36. The van der Waals surface area contributed by atoms with E-state index in [1.165, 1.54) is 5.56 Å². The van der Waals surface area contributed by atoms with Gasteiger partial charge >= 0.3 is 0 Å². The monoisotopic (exact) mass is 382 g/mol. The summed E-state index contributed by atoms with van der Waals surface area (Å²) in [6.45, 7) is 9.76. The van der Waals surface area contributed by atoms with Crippen LogP contribution in [0, 0.1) is 27.7 Å². The number of aryl methyl sites for hydroxylation is 3. The van der Waals surface area contributed by atoms with E-state index >= 15 is 0 Å². The molecule has 0 saturated heterocycles. The minimum atomic E-state index is -0.663. The first-order chi connectivity index (χ1) is 13.4.